The van der Waals surface area contributed by atoms with Crippen molar-refractivity contribution in [3.8, 4) is 0 Å². The summed E-state index contributed by atoms with van der Waals surface area (Å²) in [6.45, 7) is 5.30. The lowest BCUT2D eigenvalue weighted by molar-refractivity contribution is 0.0374. The van der Waals surface area contributed by atoms with Crippen molar-refractivity contribution in [2.24, 2.45) is 0 Å². The van der Waals surface area contributed by atoms with Crippen LogP contribution in [0.2, 0.25) is 0 Å². The van der Waals surface area contributed by atoms with Crippen molar-refractivity contribution in [3.05, 3.63) is 48.2 Å². The Labute approximate surface area is 147 Å². The number of hydrogen-bond acceptors (Lipinski definition) is 3. The number of rotatable bonds is 5. The van der Waals surface area contributed by atoms with E-state index in [9.17, 15) is 4.79 Å². The number of carbonyl (C=O) groups is 1. The van der Waals surface area contributed by atoms with Crippen molar-refractivity contribution in [2.45, 2.75) is 6.42 Å². The maximum atomic E-state index is 12.4. The molecular weight excluding hydrogens is 314 g/mol. The average Bonchev–Trinajstić information content (AvgIpc) is 3.11. The molecule has 0 saturated carbocycles. The first-order valence-corrected chi connectivity index (χ1v) is 8.90. The first-order valence-electron chi connectivity index (χ1n) is 8.90. The van der Waals surface area contributed by atoms with Gasteiger partial charge in [-0.25, -0.2) is 0 Å². The summed E-state index contributed by atoms with van der Waals surface area (Å²) in [4.78, 5) is 18.0. The monoisotopic (exact) mass is 337 g/mol. The van der Waals surface area contributed by atoms with Crippen LogP contribution in [-0.2, 0) is 4.74 Å². The van der Waals surface area contributed by atoms with Gasteiger partial charge in [0.15, 0.2) is 0 Å². The summed E-state index contributed by atoms with van der Waals surface area (Å²) >= 11 is 0. The molecule has 1 aromatic heterocycles. The van der Waals surface area contributed by atoms with Gasteiger partial charge in [0.25, 0.3) is 5.91 Å². The molecule has 0 atom stereocenters. The molecule has 1 aliphatic heterocycles. The predicted octanol–water partition coefficient (Wildman–Crippen LogP) is 2.77. The Morgan fingerprint density at radius 2 is 1.96 bits per heavy atom. The Morgan fingerprint density at radius 1 is 1.12 bits per heavy atom. The third kappa shape index (κ3) is 3.52. The normalized spacial score (nSPS) is 15.7. The molecule has 0 aliphatic carbocycles. The third-order valence-electron chi connectivity index (χ3n) is 4.81. The third-order valence-corrected chi connectivity index (χ3v) is 4.81. The second kappa shape index (κ2) is 7.25. The molecule has 130 valence electrons. The van der Waals surface area contributed by atoms with Crippen molar-refractivity contribution >= 4 is 27.6 Å². The summed E-state index contributed by atoms with van der Waals surface area (Å²) in [5.74, 6) is -0.0396. The van der Waals surface area contributed by atoms with Gasteiger partial charge in [0.05, 0.1) is 13.2 Å². The number of nitrogens with one attached hydrogen (secondary N) is 2. The average molecular weight is 337 g/mol. The molecule has 1 amide bonds. The maximum absolute atomic E-state index is 12.4. The van der Waals surface area contributed by atoms with Gasteiger partial charge in [-0.05, 0) is 35.9 Å². The number of hydrogen-bond donors (Lipinski definition) is 2. The Kier molecular flexibility index (Phi) is 4.68. The molecule has 3 aromatic rings. The minimum atomic E-state index is -0.0396. The van der Waals surface area contributed by atoms with Gasteiger partial charge in [-0.15, -0.1) is 0 Å². The molecule has 2 aromatic carbocycles. The molecule has 1 aliphatic rings. The van der Waals surface area contributed by atoms with Crippen LogP contribution in [0.4, 0.5) is 0 Å². The van der Waals surface area contributed by atoms with Crippen LogP contribution >= 0.6 is 0 Å². The number of morpholine rings is 1. The fourth-order valence-corrected chi connectivity index (χ4v) is 3.43. The number of ether oxygens (including phenoxy) is 1. The van der Waals surface area contributed by atoms with Gasteiger partial charge in [-0.1, -0.05) is 30.3 Å². The van der Waals surface area contributed by atoms with Gasteiger partial charge >= 0.3 is 0 Å². The Hall–Kier alpha value is -2.37. The zero-order chi connectivity index (χ0) is 17.1. The first kappa shape index (κ1) is 16.1. The lowest BCUT2D eigenvalue weighted by Crippen LogP contribution is -2.38. The van der Waals surface area contributed by atoms with Crippen LogP contribution in [-0.4, -0.2) is 55.2 Å². The van der Waals surface area contributed by atoms with Gasteiger partial charge in [0, 0.05) is 30.5 Å². The molecule has 2 heterocycles. The molecule has 5 heteroatoms. The largest absolute Gasteiger partial charge is 0.379 e. The Bertz CT molecular complexity index is 881. The Balaban J connectivity index is 1.39. The number of benzene rings is 2. The van der Waals surface area contributed by atoms with E-state index in [2.05, 4.69) is 33.4 Å². The van der Waals surface area contributed by atoms with Gasteiger partial charge in [-0.3, -0.25) is 9.69 Å². The van der Waals surface area contributed by atoms with Gasteiger partial charge in [0.1, 0.15) is 5.69 Å². The summed E-state index contributed by atoms with van der Waals surface area (Å²) in [7, 11) is 0. The number of carbonyl (C=O) groups excluding carboxylic acids is 1. The SMILES string of the molecule is O=C(NCCCN1CCOCC1)c1cc2c(ccc3ccccc32)[nH]1. The molecule has 4 rings (SSSR count). The van der Waals surface area contributed by atoms with Crippen LogP contribution in [0.1, 0.15) is 16.9 Å². The summed E-state index contributed by atoms with van der Waals surface area (Å²) in [5, 5.41) is 6.47. The van der Waals surface area contributed by atoms with Crippen molar-refractivity contribution < 1.29 is 9.53 Å². The summed E-state index contributed by atoms with van der Waals surface area (Å²) < 4.78 is 5.35. The van der Waals surface area contributed by atoms with Crippen LogP contribution in [0.25, 0.3) is 21.7 Å². The summed E-state index contributed by atoms with van der Waals surface area (Å²) in [6, 6.07) is 14.3. The molecule has 1 fully saturated rings. The highest BCUT2D eigenvalue weighted by molar-refractivity contribution is 6.09. The van der Waals surface area contributed by atoms with Crippen LogP contribution < -0.4 is 5.32 Å². The van der Waals surface area contributed by atoms with E-state index in [1.807, 2.05) is 24.3 Å². The van der Waals surface area contributed by atoms with Crippen LogP contribution in [0, 0.1) is 0 Å². The lowest BCUT2D eigenvalue weighted by atomic mass is 10.1. The zero-order valence-electron chi connectivity index (χ0n) is 14.3. The van der Waals surface area contributed by atoms with E-state index >= 15 is 0 Å². The molecule has 25 heavy (non-hydrogen) atoms. The maximum Gasteiger partial charge on any atom is 0.267 e. The molecule has 5 nitrogen and oxygen atoms in total. The quantitative estimate of drug-likeness (QED) is 0.704. The van der Waals surface area contributed by atoms with E-state index in [-0.39, 0.29) is 5.91 Å². The number of aromatic amines is 1. The minimum absolute atomic E-state index is 0.0396. The highest BCUT2D eigenvalue weighted by Gasteiger charge is 2.12. The molecule has 1 saturated heterocycles. The molecule has 0 spiro atoms. The highest BCUT2D eigenvalue weighted by Crippen LogP contribution is 2.25. The predicted molar refractivity (Wildman–Crippen MR) is 100 cm³/mol. The Morgan fingerprint density at radius 3 is 2.84 bits per heavy atom. The number of fused-ring (bicyclic) bond motifs is 3. The molecule has 0 bridgehead atoms. The van der Waals surface area contributed by atoms with Crippen molar-refractivity contribution in [2.75, 3.05) is 39.4 Å². The first-order chi connectivity index (χ1) is 12.3. The van der Waals surface area contributed by atoms with E-state index in [0.29, 0.717) is 12.2 Å². The fourth-order valence-electron chi connectivity index (χ4n) is 3.43. The fraction of sp³-hybridized carbons (Fsp3) is 0.350. The van der Waals surface area contributed by atoms with Crippen LogP contribution in [0.15, 0.2) is 42.5 Å². The second-order valence-corrected chi connectivity index (χ2v) is 6.49. The number of aromatic nitrogens is 1. The molecule has 0 unspecified atom stereocenters. The van der Waals surface area contributed by atoms with E-state index < -0.39 is 0 Å². The van der Waals surface area contributed by atoms with Crippen molar-refractivity contribution in [3.63, 3.8) is 0 Å². The number of H-pyrrole nitrogens is 1. The number of nitrogens with zero attached hydrogens (tertiary/aromatic N) is 1. The molecule has 2 N–H and O–H groups in total. The van der Waals surface area contributed by atoms with Crippen LogP contribution in [0.5, 0.6) is 0 Å². The van der Waals surface area contributed by atoms with E-state index in [0.717, 1.165) is 50.2 Å². The van der Waals surface area contributed by atoms with E-state index in [4.69, 9.17) is 4.74 Å². The van der Waals surface area contributed by atoms with E-state index in [1.54, 1.807) is 0 Å². The van der Waals surface area contributed by atoms with E-state index in [1.165, 1.54) is 10.8 Å². The van der Waals surface area contributed by atoms with Crippen molar-refractivity contribution in [1.29, 1.82) is 0 Å². The topological polar surface area (TPSA) is 57.4 Å². The van der Waals surface area contributed by atoms with Crippen LogP contribution in [0.3, 0.4) is 0 Å². The lowest BCUT2D eigenvalue weighted by Gasteiger charge is -2.26. The van der Waals surface area contributed by atoms with Gasteiger partial charge in [0.2, 0.25) is 0 Å². The summed E-state index contributed by atoms with van der Waals surface area (Å²) in [6.07, 6.45) is 0.953. The molecular formula is C20H23N3O2. The zero-order valence-corrected chi connectivity index (χ0v) is 14.3. The second-order valence-electron chi connectivity index (χ2n) is 6.49. The highest BCUT2D eigenvalue weighted by atomic mass is 16.5. The molecule has 0 radical (unpaired) electrons. The minimum Gasteiger partial charge on any atom is -0.379 e. The number of amides is 1. The van der Waals surface area contributed by atoms with Gasteiger partial charge in [-0.2, -0.15) is 0 Å². The van der Waals surface area contributed by atoms with Crippen molar-refractivity contribution in [1.82, 2.24) is 15.2 Å². The standard InChI is InChI=1S/C20H23N3O2/c24-20(21-8-3-9-23-10-12-25-13-11-23)19-14-17-16-5-2-1-4-15(16)6-7-18(17)22-19/h1-2,4-7,14,22H,3,8-13H2,(H,21,24). The van der Waals surface area contributed by atoms with Gasteiger partial charge < -0.3 is 15.0 Å². The summed E-state index contributed by atoms with van der Waals surface area (Å²) in [5.41, 5.74) is 1.62. The smallest absolute Gasteiger partial charge is 0.267 e.